The maximum atomic E-state index is 13.8. The van der Waals surface area contributed by atoms with Crippen LogP contribution in [0, 0.1) is 17.5 Å². The number of piperidine rings is 1. The zero-order valence-corrected chi connectivity index (χ0v) is 24.9. The molecule has 2 aliphatic heterocycles. The van der Waals surface area contributed by atoms with Crippen molar-refractivity contribution in [2.24, 2.45) is 0 Å². The number of halogens is 3. The van der Waals surface area contributed by atoms with Crippen molar-refractivity contribution in [3.63, 3.8) is 0 Å². The van der Waals surface area contributed by atoms with Crippen LogP contribution in [0.15, 0.2) is 28.9 Å². The molecule has 5 rings (SSSR count). The van der Waals surface area contributed by atoms with Crippen molar-refractivity contribution in [1.29, 1.82) is 0 Å². The van der Waals surface area contributed by atoms with Crippen molar-refractivity contribution in [3.8, 4) is 11.3 Å². The maximum absolute atomic E-state index is 13.8. The van der Waals surface area contributed by atoms with Crippen molar-refractivity contribution in [2.45, 2.75) is 81.9 Å². The average molecular weight is 623 g/mol. The van der Waals surface area contributed by atoms with Gasteiger partial charge in [0.15, 0.2) is 17.5 Å². The monoisotopic (exact) mass is 622 g/mol. The second-order valence-electron chi connectivity index (χ2n) is 12.3. The number of carbonyl (C=O) groups is 1. The zero-order chi connectivity index (χ0) is 31.8. The number of urea groups is 1. The Morgan fingerprint density at radius 2 is 1.82 bits per heavy atom. The highest BCUT2D eigenvalue weighted by Gasteiger charge is 2.47. The molecule has 0 unspecified atom stereocenters. The lowest BCUT2D eigenvalue weighted by atomic mass is 9.89. The summed E-state index contributed by atoms with van der Waals surface area (Å²) in [5, 5.41) is 36.3. The standard InChI is InChI=1S/C29H37F3N6O6/c1-29(2,3)33-28(41)37-7-5-15(6-8-37)21-11-17(35-44-21)12-22-27(42-4)25(26(40)23(14-39)43-22)38-13-20(34-36-38)16-9-18(30)24(32)19(31)10-16/h9-11,13,15,22-23,25-27,39-40H,5-8,12,14H2,1-4H3,(H,33,41)/t22-,23-,25+,26+,27+/m1/s1. The molecule has 2 amide bonds. The fourth-order valence-corrected chi connectivity index (χ4v) is 5.78. The van der Waals surface area contributed by atoms with Gasteiger partial charge in [0.1, 0.15) is 35.8 Å². The van der Waals surface area contributed by atoms with E-state index >= 15 is 0 Å². The summed E-state index contributed by atoms with van der Waals surface area (Å²) in [6.45, 7) is 6.46. The molecule has 0 radical (unpaired) electrons. The summed E-state index contributed by atoms with van der Waals surface area (Å²) in [6.07, 6.45) is -0.830. The van der Waals surface area contributed by atoms with E-state index in [1.54, 1.807) is 4.90 Å². The molecule has 4 heterocycles. The van der Waals surface area contributed by atoms with Gasteiger partial charge in [-0.25, -0.2) is 22.6 Å². The topological polar surface area (TPSA) is 148 Å². The maximum Gasteiger partial charge on any atom is 0.317 e. The molecule has 0 spiro atoms. The third-order valence-electron chi connectivity index (χ3n) is 7.98. The number of aliphatic hydroxyl groups is 2. The summed E-state index contributed by atoms with van der Waals surface area (Å²) in [6, 6.07) is 2.42. The third kappa shape index (κ3) is 6.75. The zero-order valence-electron chi connectivity index (χ0n) is 24.9. The van der Waals surface area contributed by atoms with E-state index in [2.05, 4.69) is 20.8 Å². The quantitative estimate of drug-likeness (QED) is 0.338. The molecule has 2 aliphatic rings. The number of hydrogen-bond donors (Lipinski definition) is 3. The van der Waals surface area contributed by atoms with Gasteiger partial charge in [0, 0.05) is 49.7 Å². The van der Waals surface area contributed by atoms with Gasteiger partial charge < -0.3 is 34.4 Å². The van der Waals surface area contributed by atoms with Crippen molar-refractivity contribution >= 4 is 6.03 Å². The average Bonchev–Trinajstić information content (AvgIpc) is 3.66. The van der Waals surface area contributed by atoms with E-state index in [0.717, 1.165) is 12.1 Å². The number of aliphatic hydroxyl groups excluding tert-OH is 2. The van der Waals surface area contributed by atoms with E-state index in [9.17, 15) is 28.2 Å². The van der Waals surface area contributed by atoms with Crippen LogP contribution in [0.3, 0.4) is 0 Å². The minimum Gasteiger partial charge on any atom is -0.394 e. The van der Waals surface area contributed by atoms with Crippen molar-refractivity contribution < 1.29 is 42.2 Å². The predicted octanol–water partition coefficient (Wildman–Crippen LogP) is 2.96. The van der Waals surface area contributed by atoms with Gasteiger partial charge in [-0.15, -0.1) is 5.10 Å². The number of rotatable bonds is 7. The van der Waals surface area contributed by atoms with Crippen LogP contribution in [-0.2, 0) is 15.9 Å². The molecule has 12 nitrogen and oxygen atoms in total. The van der Waals surface area contributed by atoms with Crippen LogP contribution < -0.4 is 5.32 Å². The molecule has 15 heteroatoms. The Morgan fingerprint density at radius 1 is 1.14 bits per heavy atom. The first-order chi connectivity index (χ1) is 20.9. The summed E-state index contributed by atoms with van der Waals surface area (Å²) >= 11 is 0. The van der Waals surface area contributed by atoms with Crippen LogP contribution in [0.5, 0.6) is 0 Å². The van der Waals surface area contributed by atoms with Crippen LogP contribution in [0.2, 0.25) is 0 Å². The van der Waals surface area contributed by atoms with Crippen LogP contribution in [-0.4, -0.2) is 98.1 Å². The summed E-state index contributed by atoms with van der Waals surface area (Å²) < 4.78 is 59.9. The highest BCUT2D eigenvalue weighted by Crippen LogP contribution is 2.35. The smallest absolute Gasteiger partial charge is 0.317 e. The minimum absolute atomic E-state index is 0.0384. The molecule has 44 heavy (non-hydrogen) atoms. The lowest BCUT2D eigenvalue weighted by molar-refractivity contribution is -0.212. The Labute approximate surface area is 252 Å². The molecule has 5 atom stereocenters. The largest absolute Gasteiger partial charge is 0.394 e. The summed E-state index contributed by atoms with van der Waals surface area (Å²) in [4.78, 5) is 14.3. The Morgan fingerprint density at radius 3 is 2.43 bits per heavy atom. The van der Waals surface area contributed by atoms with Gasteiger partial charge >= 0.3 is 6.03 Å². The summed E-state index contributed by atoms with van der Waals surface area (Å²) in [5.74, 6) is -3.58. The molecular weight excluding hydrogens is 585 g/mol. The number of likely N-dealkylation sites (tertiary alicyclic amines) is 1. The summed E-state index contributed by atoms with van der Waals surface area (Å²) in [7, 11) is 1.43. The normalized spacial score (nSPS) is 24.9. The molecule has 0 aliphatic carbocycles. The van der Waals surface area contributed by atoms with Gasteiger partial charge in [-0.1, -0.05) is 10.4 Å². The van der Waals surface area contributed by atoms with Crippen LogP contribution >= 0.6 is 0 Å². The Kier molecular flexibility index (Phi) is 9.30. The number of ether oxygens (including phenoxy) is 2. The first kappa shape index (κ1) is 31.9. The molecule has 0 saturated carbocycles. The van der Waals surface area contributed by atoms with Gasteiger partial charge in [-0.05, 0) is 45.7 Å². The van der Waals surface area contributed by atoms with E-state index in [0.29, 0.717) is 37.4 Å². The Balaban J connectivity index is 1.30. The number of amides is 2. The molecule has 240 valence electrons. The lowest BCUT2D eigenvalue weighted by Crippen LogP contribution is -2.57. The molecule has 0 bridgehead atoms. The van der Waals surface area contributed by atoms with Crippen molar-refractivity contribution in [1.82, 2.24) is 30.4 Å². The highest BCUT2D eigenvalue weighted by molar-refractivity contribution is 5.75. The third-order valence-corrected chi connectivity index (χ3v) is 7.98. The highest BCUT2D eigenvalue weighted by atomic mass is 19.2. The lowest BCUT2D eigenvalue weighted by Gasteiger charge is -2.43. The van der Waals surface area contributed by atoms with Gasteiger partial charge in [-0.3, -0.25) is 0 Å². The molecule has 3 N–H and O–H groups in total. The van der Waals surface area contributed by atoms with Crippen LogP contribution in [0.4, 0.5) is 18.0 Å². The minimum atomic E-state index is -1.60. The molecule has 1 aromatic carbocycles. The van der Waals surface area contributed by atoms with Gasteiger partial charge in [0.25, 0.3) is 0 Å². The number of benzene rings is 1. The van der Waals surface area contributed by atoms with Crippen LogP contribution in [0.1, 0.15) is 57.0 Å². The van der Waals surface area contributed by atoms with Crippen LogP contribution in [0.25, 0.3) is 11.3 Å². The molecule has 2 fully saturated rings. The number of aromatic nitrogens is 4. The van der Waals surface area contributed by atoms with E-state index < -0.39 is 54.5 Å². The number of nitrogens with one attached hydrogen (secondary N) is 1. The second kappa shape index (κ2) is 12.8. The second-order valence-corrected chi connectivity index (χ2v) is 12.3. The number of carbonyl (C=O) groups excluding carboxylic acids is 1. The van der Waals surface area contributed by atoms with Gasteiger partial charge in [0.2, 0.25) is 0 Å². The molecule has 2 saturated heterocycles. The van der Waals surface area contributed by atoms with Gasteiger partial charge in [-0.2, -0.15) is 0 Å². The number of nitrogens with zero attached hydrogens (tertiary/aromatic N) is 5. The fourth-order valence-electron chi connectivity index (χ4n) is 5.78. The van der Waals surface area contributed by atoms with Gasteiger partial charge in [0.05, 0.1) is 24.6 Å². The van der Waals surface area contributed by atoms with E-state index in [1.807, 2.05) is 26.8 Å². The molecule has 2 aromatic heterocycles. The predicted molar refractivity (Wildman–Crippen MR) is 149 cm³/mol. The van der Waals surface area contributed by atoms with Crippen molar-refractivity contribution in [3.05, 3.63) is 53.3 Å². The Hall–Kier alpha value is -3.53. The Bertz CT molecular complexity index is 1430. The number of hydrogen-bond acceptors (Lipinski definition) is 9. The number of methoxy groups -OCH3 is 1. The van der Waals surface area contributed by atoms with E-state index in [-0.39, 0.29) is 35.2 Å². The SMILES string of the molecule is CO[C@@H]1[C@@H](n2cc(-c3cc(F)c(F)c(F)c3)nn2)[C@@H](O)[C@@H](CO)O[C@@H]1Cc1cc(C2CCN(C(=O)NC(C)(C)C)CC2)on1. The van der Waals surface area contributed by atoms with E-state index in [1.165, 1.54) is 18.0 Å². The summed E-state index contributed by atoms with van der Waals surface area (Å²) in [5.41, 5.74) is 0.241. The van der Waals surface area contributed by atoms with E-state index in [4.69, 9.17) is 14.0 Å². The molecular formula is C29H37F3N6O6. The first-order valence-electron chi connectivity index (χ1n) is 14.4. The van der Waals surface area contributed by atoms with Crippen molar-refractivity contribution in [2.75, 3.05) is 26.8 Å². The molecule has 3 aromatic rings. The fraction of sp³-hybridized carbons (Fsp3) is 0.586. The first-order valence-corrected chi connectivity index (χ1v) is 14.4.